The van der Waals surface area contributed by atoms with Gasteiger partial charge >= 0.3 is 6.03 Å². The maximum Gasteiger partial charge on any atom is 0.317 e. The van der Waals surface area contributed by atoms with E-state index in [9.17, 15) is 4.79 Å². The minimum atomic E-state index is -0.191. The second-order valence-corrected chi connectivity index (χ2v) is 2.92. The number of ether oxygens (including phenoxy) is 1. The van der Waals surface area contributed by atoms with Crippen molar-refractivity contribution in [1.29, 1.82) is 0 Å². The first-order valence-corrected chi connectivity index (χ1v) is 4.44. The van der Waals surface area contributed by atoms with E-state index in [4.69, 9.17) is 4.74 Å². The normalized spacial score (nSPS) is 10.0. The van der Waals surface area contributed by atoms with Gasteiger partial charge in [0.25, 0.3) is 0 Å². The summed E-state index contributed by atoms with van der Waals surface area (Å²) >= 11 is 0. The van der Waals surface area contributed by atoms with E-state index in [1.165, 1.54) is 4.90 Å². The number of carbonyl (C=O) groups is 1. The molecule has 1 aromatic heterocycles. The summed E-state index contributed by atoms with van der Waals surface area (Å²) in [5, 5.41) is 15.6. The SMILES string of the molecule is COCCN(C)C(=O)NCc1nnn[nH]1. The Morgan fingerprint density at radius 2 is 2.47 bits per heavy atom. The number of tetrazole rings is 1. The first-order chi connectivity index (χ1) is 7.24. The first kappa shape index (κ1) is 11.4. The van der Waals surface area contributed by atoms with Gasteiger partial charge in [0, 0.05) is 20.7 Å². The van der Waals surface area contributed by atoms with Gasteiger partial charge in [-0.3, -0.25) is 0 Å². The molecule has 2 amide bonds. The number of amides is 2. The highest BCUT2D eigenvalue weighted by Gasteiger charge is 2.07. The zero-order valence-corrected chi connectivity index (χ0v) is 8.73. The van der Waals surface area contributed by atoms with Crippen LogP contribution in [0, 0.1) is 0 Å². The van der Waals surface area contributed by atoms with Crippen LogP contribution in [-0.2, 0) is 11.3 Å². The van der Waals surface area contributed by atoms with E-state index < -0.39 is 0 Å². The third-order valence-electron chi connectivity index (χ3n) is 1.77. The molecule has 1 aromatic rings. The average Bonchev–Trinajstić information content (AvgIpc) is 2.75. The largest absolute Gasteiger partial charge is 0.383 e. The zero-order chi connectivity index (χ0) is 11.1. The molecule has 0 fully saturated rings. The second-order valence-electron chi connectivity index (χ2n) is 2.92. The summed E-state index contributed by atoms with van der Waals surface area (Å²) in [6.07, 6.45) is 0. The number of aromatic nitrogens is 4. The molecular weight excluding hydrogens is 200 g/mol. The van der Waals surface area contributed by atoms with E-state index in [0.29, 0.717) is 19.0 Å². The van der Waals surface area contributed by atoms with Crippen LogP contribution in [0.3, 0.4) is 0 Å². The predicted octanol–water partition coefficient (Wildman–Crippen LogP) is -1.01. The number of aromatic amines is 1. The van der Waals surface area contributed by atoms with Crippen molar-refractivity contribution >= 4 is 6.03 Å². The minimum Gasteiger partial charge on any atom is -0.383 e. The van der Waals surface area contributed by atoms with Gasteiger partial charge in [0.2, 0.25) is 0 Å². The Morgan fingerprint density at radius 1 is 1.67 bits per heavy atom. The van der Waals surface area contributed by atoms with E-state index in [0.717, 1.165) is 0 Å². The zero-order valence-electron chi connectivity index (χ0n) is 8.73. The fourth-order valence-corrected chi connectivity index (χ4v) is 0.878. The van der Waals surface area contributed by atoms with Gasteiger partial charge in [-0.1, -0.05) is 0 Å². The Morgan fingerprint density at radius 3 is 3.07 bits per heavy atom. The Kier molecular flexibility index (Phi) is 4.48. The number of likely N-dealkylation sites (N-methyl/N-ethyl adjacent to an activating group) is 1. The van der Waals surface area contributed by atoms with Crippen LogP contribution in [0.15, 0.2) is 0 Å². The standard InChI is InChI=1S/C7H14N6O2/c1-13(3-4-15-2)7(14)8-5-6-9-11-12-10-6/h3-5H2,1-2H3,(H,8,14)(H,9,10,11,12). The molecule has 1 rings (SSSR count). The molecule has 0 aliphatic rings. The third-order valence-corrected chi connectivity index (χ3v) is 1.77. The Hall–Kier alpha value is -1.70. The summed E-state index contributed by atoms with van der Waals surface area (Å²) in [7, 11) is 3.28. The maximum absolute atomic E-state index is 11.4. The molecule has 84 valence electrons. The van der Waals surface area contributed by atoms with Gasteiger partial charge in [-0.2, -0.15) is 0 Å². The number of nitrogens with zero attached hydrogens (tertiary/aromatic N) is 4. The number of nitrogens with one attached hydrogen (secondary N) is 2. The molecule has 0 aromatic carbocycles. The highest BCUT2D eigenvalue weighted by Crippen LogP contribution is 1.87. The number of carbonyl (C=O) groups excluding carboxylic acids is 1. The molecular formula is C7H14N6O2. The van der Waals surface area contributed by atoms with Crippen LogP contribution in [-0.4, -0.2) is 58.9 Å². The Labute approximate surface area is 87.0 Å². The van der Waals surface area contributed by atoms with Crippen molar-refractivity contribution < 1.29 is 9.53 Å². The van der Waals surface area contributed by atoms with Crippen molar-refractivity contribution in [2.24, 2.45) is 0 Å². The van der Waals surface area contributed by atoms with Crippen LogP contribution >= 0.6 is 0 Å². The van der Waals surface area contributed by atoms with Crippen molar-refractivity contribution in [1.82, 2.24) is 30.8 Å². The van der Waals surface area contributed by atoms with Gasteiger partial charge in [0.15, 0.2) is 5.82 Å². The maximum atomic E-state index is 11.4. The lowest BCUT2D eigenvalue weighted by Gasteiger charge is -2.16. The molecule has 0 aliphatic carbocycles. The Bertz CT molecular complexity index is 288. The topological polar surface area (TPSA) is 96.0 Å². The van der Waals surface area contributed by atoms with E-state index in [2.05, 4.69) is 25.9 Å². The molecule has 8 heteroatoms. The van der Waals surface area contributed by atoms with Crippen molar-refractivity contribution in [3.05, 3.63) is 5.82 Å². The summed E-state index contributed by atoms with van der Waals surface area (Å²) in [5.74, 6) is 0.517. The van der Waals surface area contributed by atoms with Gasteiger partial charge in [-0.15, -0.1) is 5.10 Å². The van der Waals surface area contributed by atoms with Gasteiger partial charge < -0.3 is 15.0 Å². The Balaban J connectivity index is 2.23. The van der Waals surface area contributed by atoms with Gasteiger partial charge in [0.1, 0.15) is 0 Å². The van der Waals surface area contributed by atoms with Crippen LogP contribution in [0.25, 0.3) is 0 Å². The van der Waals surface area contributed by atoms with Crippen molar-refractivity contribution in [2.45, 2.75) is 6.54 Å². The quantitative estimate of drug-likeness (QED) is 0.654. The van der Waals surface area contributed by atoms with E-state index in [1.54, 1.807) is 14.2 Å². The fraction of sp³-hybridized carbons (Fsp3) is 0.714. The average molecular weight is 214 g/mol. The van der Waals surface area contributed by atoms with Crippen LogP contribution in [0.1, 0.15) is 5.82 Å². The van der Waals surface area contributed by atoms with Crippen LogP contribution in [0.2, 0.25) is 0 Å². The summed E-state index contributed by atoms with van der Waals surface area (Å²) in [6.45, 7) is 1.33. The molecule has 2 N–H and O–H groups in total. The van der Waals surface area contributed by atoms with Gasteiger partial charge in [-0.25, -0.2) is 9.89 Å². The van der Waals surface area contributed by atoms with Gasteiger partial charge in [0.05, 0.1) is 13.2 Å². The summed E-state index contributed by atoms with van der Waals surface area (Å²) < 4.78 is 4.85. The number of urea groups is 1. The molecule has 0 spiro atoms. The monoisotopic (exact) mass is 214 g/mol. The van der Waals surface area contributed by atoms with E-state index >= 15 is 0 Å². The molecule has 1 heterocycles. The van der Waals surface area contributed by atoms with Crippen molar-refractivity contribution in [3.8, 4) is 0 Å². The third kappa shape index (κ3) is 3.90. The van der Waals surface area contributed by atoms with Crippen molar-refractivity contribution in [2.75, 3.05) is 27.3 Å². The molecule has 0 atom stereocenters. The summed E-state index contributed by atoms with van der Waals surface area (Å²) in [4.78, 5) is 12.9. The van der Waals surface area contributed by atoms with Gasteiger partial charge in [-0.05, 0) is 10.4 Å². The summed E-state index contributed by atoms with van der Waals surface area (Å²) in [6, 6.07) is -0.191. The second kappa shape index (κ2) is 5.91. The molecule has 0 aliphatic heterocycles. The molecule has 15 heavy (non-hydrogen) atoms. The molecule has 0 unspecified atom stereocenters. The minimum absolute atomic E-state index is 0.191. The summed E-state index contributed by atoms with van der Waals surface area (Å²) in [5.41, 5.74) is 0. The predicted molar refractivity (Wildman–Crippen MR) is 50.9 cm³/mol. The first-order valence-electron chi connectivity index (χ1n) is 4.44. The smallest absolute Gasteiger partial charge is 0.317 e. The number of hydrogen-bond acceptors (Lipinski definition) is 5. The molecule has 8 nitrogen and oxygen atoms in total. The molecule has 0 radical (unpaired) electrons. The van der Waals surface area contributed by atoms with Crippen molar-refractivity contribution in [3.63, 3.8) is 0 Å². The number of methoxy groups -OCH3 is 1. The van der Waals surface area contributed by atoms with E-state index in [1.807, 2.05) is 0 Å². The van der Waals surface area contributed by atoms with Crippen LogP contribution < -0.4 is 5.32 Å². The number of rotatable bonds is 5. The highest BCUT2D eigenvalue weighted by atomic mass is 16.5. The van der Waals surface area contributed by atoms with Crippen LogP contribution in [0.4, 0.5) is 4.79 Å². The fourth-order valence-electron chi connectivity index (χ4n) is 0.878. The highest BCUT2D eigenvalue weighted by molar-refractivity contribution is 5.73. The lowest BCUT2D eigenvalue weighted by Crippen LogP contribution is -2.38. The lowest BCUT2D eigenvalue weighted by atomic mass is 10.5. The number of H-pyrrole nitrogens is 1. The number of hydrogen-bond donors (Lipinski definition) is 2. The lowest BCUT2D eigenvalue weighted by molar-refractivity contribution is 0.159. The molecule has 0 bridgehead atoms. The molecule has 0 saturated carbocycles. The van der Waals surface area contributed by atoms with Crippen LogP contribution in [0.5, 0.6) is 0 Å². The molecule has 0 saturated heterocycles. The van der Waals surface area contributed by atoms with E-state index in [-0.39, 0.29) is 12.6 Å².